The third kappa shape index (κ3) is 6.99. The molecule has 0 saturated heterocycles. The summed E-state index contributed by atoms with van der Waals surface area (Å²) < 4.78 is 11.2. The summed E-state index contributed by atoms with van der Waals surface area (Å²) in [5.74, 6) is 1.07. The van der Waals surface area contributed by atoms with Crippen molar-refractivity contribution in [2.45, 2.75) is 77.9 Å². The number of nitrogens with one attached hydrogen (secondary N) is 1. The van der Waals surface area contributed by atoms with Gasteiger partial charge in [-0.15, -0.1) is 0 Å². The largest absolute Gasteiger partial charge is 0.497 e. The zero-order chi connectivity index (χ0) is 24.5. The predicted octanol–water partition coefficient (Wildman–Crippen LogP) is 4.95. The lowest BCUT2D eigenvalue weighted by atomic mass is 9.95. The molecule has 3 rings (SSSR count). The highest BCUT2D eigenvalue weighted by Gasteiger charge is 2.30. The SMILES string of the molecule is CCC(C(=O)NC1CCCCC1)N(Cc1cccc(OC)c1)C(=O)COc1ccc(C)c(C)c1. The molecule has 1 atom stereocenters. The molecular weight excluding hydrogens is 428 g/mol. The van der Waals surface area contributed by atoms with Crippen LogP contribution in [-0.4, -0.2) is 42.5 Å². The molecule has 0 spiro atoms. The molecular formula is C28H38N2O4. The summed E-state index contributed by atoms with van der Waals surface area (Å²) in [5, 5.41) is 3.20. The zero-order valence-corrected chi connectivity index (χ0v) is 20.9. The van der Waals surface area contributed by atoms with Crippen LogP contribution in [0, 0.1) is 13.8 Å². The topological polar surface area (TPSA) is 67.9 Å². The van der Waals surface area contributed by atoms with Crippen molar-refractivity contribution >= 4 is 11.8 Å². The molecule has 1 fully saturated rings. The Labute approximate surface area is 203 Å². The van der Waals surface area contributed by atoms with Gasteiger partial charge in [-0.1, -0.05) is 44.4 Å². The lowest BCUT2D eigenvalue weighted by Crippen LogP contribution is -2.52. The fraction of sp³-hybridized carbons (Fsp3) is 0.500. The molecule has 1 aliphatic rings. The van der Waals surface area contributed by atoms with Crippen molar-refractivity contribution in [1.82, 2.24) is 10.2 Å². The van der Waals surface area contributed by atoms with Gasteiger partial charge in [0, 0.05) is 12.6 Å². The Balaban J connectivity index is 1.77. The second kappa shape index (κ2) is 12.4. The molecule has 6 heteroatoms. The van der Waals surface area contributed by atoms with Crippen LogP contribution < -0.4 is 14.8 Å². The van der Waals surface area contributed by atoms with E-state index in [0.717, 1.165) is 42.6 Å². The van der Waals surface area contributed by atoms with Gasteiger partial charge in [0.25, 0.3) is 5.91 Å². The Morgan fingerprint density at radius 3 is 2.47 bits per heavy atom. The van der Waals surface area contributed by atoms with E-state index in [9.17, 15) is 9.59 Å². The van der Waals surface area contributed by atoms with Crippen LogP contribution >= 0.6 is 0 Å². The van der Waals surface area contributed by atoms with Crippen molar-refractivity contribution < 1.29 is 19.1 Å². The van der Waals surface area contributed by atoms with Gasteiger partial charge in [-0.2, -0.15) is 0 Å². The molecule has 0 aromatic heterocycles. The lowest BCUT2D eigenvalue weighted by Gasteiger charge is -2.32. The monoisotopic (exact) mass is 466 g/mol. The summed E-state index contributed by atoms with van der Waals surface area (Å²) in [6.45, 7) is 6.18. The lowest BCUT2D eigenvalue weighted by molar-refractivity contribution is -0.143. The molecule has 6 nitrogen and oxygen atoms in total. The van der Waals surface area contributed by atoms with Gasteiger partial charge in [-0.25, -0.2) is 0 Å². The van der Waals surface area contributed by atoms with E-state index in [0.29, 0.717) is 18.7 Å². The average Bonchev–Trinajstić information content (AvgIpc) is 2.85. The Bertz CT molecular complexity index is 969. The number of rotatable bonds is 10. The highest BCUT2D eigenvalue weighted by molar-refractivity contribution is 5.88. The molecule has 0 radical (unpaired) electrons. The van der Waals surface area contributed by atoms with Crippen LogP contribution in [0.1, 0.15) is 62.1 Å². The van der Waals surface area contributed by atoms with Crippen LogP contribution in [0.5, 0.6) is 11.5 Å². The van der Waals surface area contributed by atoms with Crippen molar-refractivity contribution in [3.8, 4) is 11.5 Å². The first kappa shape index (κ1) is 25.6. The molecule has 1 N–H and O–H groups in total. The average molecular weight is 467 g/mol. The maximum atomic E-state index is 13.4. The van der Waals surface area contributed by atoms with Crippen LogP contribution in [0.3, 0.4) is 0 Å². The standard InChI is InChI=1S/C28H38N2O4/c1-5-26(28(32)29-23-11-7-6-8-12-23)30(18-22-10-9-13-24(17-22)33-4)27(31)19-34-25-15-14-20(2)21(3)16-25/h9-10,13-17,23,26H,5-8,11-12,18-19H2,1-4H3,(H,29,32). The summed E-state index contributed by atoms with van der Waals surface area (Å²) in [6, 6.07) is 13.0. The first-order valence-corrected chi connectivity index (χ1v) is 12.3. The molecule has 2 amide bonds. The molecule has 184 valence electrons. The van der Waals surface area contributed by atoms with E-state index in [2.05, 4.69) is 5.32 Å². The van der Waals surface area contributed by atoms with Gasteiger partial charge in [0.2, 0.25) is 5.91 Å². The number of hydrogen-bond acceptors (Lipinski definition) is 4. The zero-order valence-electron chi connectivity index (χ0n) is 20.9. The number of carbonyl (C=O) groups excluding carboxylic acids is 2. The minimum absolute atomic E-state index is 0.0863. The molecule has 0 aliphatic heterocycles. The van der Waals surface area contributed by atoms with E-state index in [1.807, 2.05) is 63.2 Å². The number of amides is 2. The minimum atomic E-state index is -0.566. The number of hydrogen-bond donors (Lipinski definition) is 1. The normalized spacial score (nSPS) is 14.8. The highest BCUT2D eigenvalue weighted by atomic mass is 16.5. The van der Waals surface area contributed by atoms with Gasteiger partial charge in [-0.05, 0) is 74.1 Å². The number of methoxy groups -OCH3 is 1. The highest BCUT2D eigenvalue weighted by Crippen LogP contribution is 2.21. The fourth-order valence-electron chi connectivity index (χ4n) is 4.46. The summed E-state index contributed by atoms with van der Waals surface area (Å²) in [5.41, 5.74) is 3.18. The van der Waals surface area contributed by atoms with E-state index in [-0.39, 0.29) is 24.5 Å². The number of benzene rings is 2. The summed E-state index contributed by atoms with van der Waals surface area (Å²) in [7, 11) is 1.62. The van der Waals surface area contributed by atoms with Crippen LogP contribution in [0.25, 0.3) is 0 Å². The van der Waals surface area contributed by atoms with Gasteiger partial charge in [-0.3, -0.25) is 9.59 Å². The Morgan fingerprint density at radius 2 is 1.79 bits per heavy atom. The van der Waals surface area contributed by atoms with E-state index in [1.165, 1.54) is 12.0 Å². The van der Waals surface area contributed by atoms with Crippen molar-refractivity contribution in [3.05, 3.63) is 59.2 Å². The summed E-state index contributed by atoms with van der Waals surface area (Å²) in [4.78, 5) is 28.3. The van der Waals surface area contributed by atoms with Crippen molar-refractivity contribution in [2.75, 3.05) is 13.7 Å². The van der Waals surface area contributed by atoms with Gasteiger partial charge < -0.3 is 19.7 Å². The second-order valence-electron chi connectivity index (χ2n) is 9.18. The van der Waals surface area contributed by atoms with E-state index in [1.54, 1.807) is 12.0 Å². The molecule has 1 aliphatic carbocycles. The van der Waals surface area contributed by atoms with Crippen LogP contribution in [-0.2, 0) is 16.1 Å². The first-order chi connectivity index (χ1) is 16.4. The van der Waals surface area contributed by atoms with Crippen LogP contribution in [0.4, 0.5) is 0 Å². The Hall–Kier alpha value is -3.02. The molecule has 1 unspecified atom stereocenters. The van der Waals surface area contributed by atoms with Gasteiger partial charge >= 0.3 is 0 Å². The molecule has 1 saturated carbocycles. The Morgan fingerprint density at radius 1 is 1.03 bits per heavy atom. The van der Waals surface area contributed by atoms with Gasteiger partial charge in [0.15, 0.2) is 6.61 Å². The van der Waals surface area contributed by atoms with E-state index < -0.39 is 6.04 Å². The number of carbonyl (C=O) groups is 2. The Kier molecular flexibility index (Phi) is 9.37. The summed E-state index contributed by atoms with van der Waals surface area (Å²) >= 11 is 0. The van der Waals surface area contributed by atoms with Crippen LogP contribution in [0.2, 0.25) is 0 Å². The minimum Gasteiger partial charge on any atom is -0.497 e. The smallest absolute Gasteiger partial charge is 0.261 e. The molecule has 34 heavy (non-hydrogen) atoms. The quantitative estimate of drug-likeness (QED) is 0.538. The molecule has 2 aromatic carbocycles. The molecule has 0 bridgehead atoms. The second-order valence-corrected chi connectivity index (χ2v) is 9.18. The first-order valence-electron chi connectivity index (χ1n) is 12.3. The fourth-order valence-corrected chi connectivity index (χ4v) is 4.46. The third-order valence-corrected chi connectivity index (χ3v) is 6.67. The van der Waals surface area contributed by atoms with Crippen LogP contribution in [0.15, 0.2) is 42.5 Å². The van der Waals surface area contributed by atoms with Crippen molar-refractivity contribution in [3.63, 3.8) is 0 Å². The van der Waals surface area contributed by atoms with E-state index >= 15 is 0 Å². The molecule has 0 heterocycles. The third-order valence-electron chi connectivity index (χ3n) is 6.67. The predicted molar refractivity (Wildman–Crippen MR) is 134 cm³/mol. The van der Waals surface area contributed by atoms with Crippen molar-refractivity contribution in [2.24, 2.45) is 0 Å². The van der Waals surface area contributed by atoms with Gasteiger partial charge in [0.1, 0.15) is 17.5 Å². The molecule has 2 aromatic rings. The number of aryl methyl sites for hydroxylation is 2. The van der Waals surface area contributed by atoms with E-state index in [4.69, 9.17) is 9.47 Å². The number of nitrogens with zero attached hydrogens (tertiary/aromatic N) is 1. The maximum Gasteiger partial charge on any atom is 0.261 e. The number of ether oxygens (including phenoxy) is 2. The maximum absolute atomic E-state index is 13.4. The summed E-state index contributed by atoms with van der Waals surface area (Å²) in [6.07, 6.45) is 6.03. The van der Waals surface area contributed by atoms with Gasteiger partial charge in [0.05, 0.1) is 7.11 Å². The van der Waals surface area contributed by atoms with Crippen molar-refractivity contribution in [1.29, 1.82) is 0 Å².